The topological polar surface area (TPSA) is 84.5 Å². The molecule has 0 radical (unpaired) electrons. The minimum Gasteiger partial charge on any atom is -0.469 e. The number of nitrogens with one attached hydrogen (secondary N) is 2. The number of methoxy groups -OCH3 is 1. The largest absolute Gasteiger partial charge is 0.469 e. The predicted octanol–water partition coefficient (Wildman–Crippen LogP) is -0.531. The monoisotopic (exact) mass is 252 g/mol. The van der Waals surface area contributed by atoms with Crippen molar-refractivity contribution in [3.05, 3.63) is 0 Å². The van der Waals surface area contributed by atoms with Gasteiger partial charge in [-0.15, -0.1) is 0 Å². The van der Waals surface area contributed by atoms with E-state index in [1.807, 2.05) is 6.92 Å². The summed E-state index contributed by atoms with van der Waals surface area (Å²) < 4.78 is 29.5. The molecular formula is C9H20N2O4S. The molecule has 0 aromatic heterocycles. The lowest BCUT2D eigenvalue weighted by Crippen LogP contribution is -2.30. The van der Waals surface area contributed by atoms with Crippen LogP contribution in [-0.4, -0.2) is 46.9 Å². The number of carbonyl (C=O) groups is 1. The fourth-order valence-corrected chi connectivity index (χ4v) is 2.04. The summed E-state index contributed by atoms with van der Waals surface area (Å²) in [5.41, 5.74) is 0. The van der Waals surface area contributed by atoms with Crippen molar-refractivity contribution in [3.63, 3.8) is 0 Å². The van der Waals surface area contributed by atoms with Crippen molar-refractivity contribution < 1.29 is 17.9 Å². The van der Waals surface area contributed by atoms with Gasteiger partial charge >= 0.3 is 5.97 Å². The Hall–Kier alpha value is -0.660. The van der Waals surface area contributed by atoms with Crippen LogP contribution in [0.5, 0.6) is 0 Å². The second-order valence-electron chi connectivity index (χ2n) is 3.25. The number of sulfonamides is 1. The number of esters is 1. The van der Waals surface area contributed by atoms with Crippen molar-refractivity contribution in [2.75, 3.05) is 32.5 Å². The second kappa shape index (κ2) is 8.49. The summed E-state index contributed by atoms with van der Waals surface area (Å²) in [5.74, 6) is -0.737. The van der Waals surface area contributed by atoms with Gasteiger partial charge in [-0.1, -0.05) is 6.92 Å². The molecule has 0 aromatic carbocycles. The maximum Gasteiger partial charge on any atom is 0.306 e. The summed E-state index contributed by atoms with van der Waals surface area (Å²) in [7, 11) is -2.12. The van der Waals surface area contributed by atoms with E-state index in [2.05, 4.69) is 14.8 Å². The molecule has 0 aliphatic rings. The smallest absolute Gasteiger partial charge is 0.306 e. The molecule has 6 nitrogen and oxygen atoms in total. The van der Waals surface area contributed by atoms with Crippen molar-refractivity contribution in [2.24, 2.45) is 0 Å². The van der Waals surface area contributed by atoms with Gasteiger partial charge in [0.15, 0.2) is 0 Å². The van der Waals surface area contributed by atoms with E-state index < -0.39 is 16.0 Å². The lowest BCUT2D eigenvalue weighted by molar-refractivity contribution is -0.140. The molecule has 0 saturated heterocycles. The first-order valence-electron chi connectivity index (χ1n) is 5.26. The highest BCUT2D eigenvalue weighted by molar-refractivity contribution is 7.89. The van der Waals surface area contributed by atoms with Gasteiger partial charge in [0.1, 0.15) is 0 Å². The highest BCUT2D eigenvalue weighted by Crippen LogP contribution is 1.92. The number of hydrogen-bond acceptors (Lipinski definition) is 5. The van der Waals surface area contributed by atoms with Gasteiger partial charge in [0, 0.05) is 6.54 Å². The van der Waals surface area contributed by atoms with Crippen LogP contribution in [-0.2, 0) is 19.6 Å². The summed E-state index contributed by atoms with van der Waals surface area (Å²) in [6.45, 7) is 4.02. The van der Waals surface area contributed by atoms with Crippen LogP contribution in [0.1, 0.15) is 19.8 Å². The lowest BCUT2D eigenvalue weighted by Gasteiger charge is -2.06. The van der Waals surface area contributed by atoms with Crippen LogP contribution in [0, 0.1) is 0 Å². The molecule has 0 bridgehead atoms. The van der Waals surface area contributed by atoms with Crippen molar-refractivity contribution in [3.8, 4) is 0 Å². The number of ether oxygens (including phenoxy) is 1. The van der Waals surface area contributed by atoms with Crippen LogP contribution in [0.2, 0.25) is 0 Å². The molecule has 0 atom stereocenters. The molecule has 16 heavy (non-hydrogen) atoms. The Labute approximate surface area is 96.8 Å². The molecular weight excluding hydrogens is 232 g/mol. The summed E-state index contributed by atoms with van der Waals surface area (Å²) in [5, 5.41) is 3.08. The standard InChI is InChI=1S/C9H20N2O4S/c1-3-10-6-4-7-11-16(13,14)8-5-9(12)15-2/h10-11H,3-8H2,1-2H3. The second-order valence-corrected chi connectivity index (χ2v) is 5.17. The van der Waals surface area contributed by atoms with Gasteiger partial charge in [-0.3, -0.25) is 4.79 Å². The van der Waals surface area contributed by atoms with E-state index in [4.69, 9.17) is 0 Å². The number of carbonyl (C=O) groups excluding carboxylic acids is 1. The zero-order chi connectivity index (χ0) is 12.4. The third-order valence-electron chi connectivity index (χ3n) is 1.90. The van der Waals surface area contributed by atoms with E-state index in [0.717, 1.165) is 19.5 Å². The molecule has 0 unspecified atom stereocenters. The maximum absolute atomic E-state index is 11.3. The van der Waals surface area contributed by atoms with Gasteiger partial charge in [-0.2, -0.15) is 0 Å². The van der Waals surface area contributed by atoms with Crippen LogP contribution in [0.4, 0.5) is 0 Å². The maximum atomic E-state index is 11.3. The van der Waals surface area contributed by atoms with Gasteiger partial charge in [0.25, 0.3) is 0 Å². The van der Waals surface area contributed by atoms with E-state index >= 15 is 0 Å². The highest BCUT2D eigenvalue weighted by Gasteiger charge is 2.12. The Morgan fingerprint density at radius 1 is 1.31 bits per heavy atom. The van der Waals surface area contributed by atoms with Crippen molar-refractivity contribution in [1.82, 2.24) is 10.0 Å². The van der Waals surface area contributed by atoms with Gasteiger partial charge in [-0.25, -0.2) is 13.1 Å². The Morgan fingerprint density at radius 2 is 2.00 bits per heavy atom. The first-order valence-corrected chi connectivity index (χ1v) is 6.92. The van der Waals surface area contributed by atoms with E-state index in [1.165, 1.54) is 7.11 Å². The summed E-state index contributed by atoms with van der Waals surface area (Å²) in [6.07, 6.45) is 0.615. The van der Waals surface area contributed by atoms with Crippen LogP contribution in [0.25, 0.3) is 0 Å². The highest BCUT2D eigenvalue weighted by atomic mass is 32.2. The van der Waals surface area contributed by atoms with Crippen molar-refractivity contribution >= 4 is 16.0 Å². The van der Waals surface area contributed by atoms with Crippen molar-refractivity contribution in [2.45, 2.75) is 19.8 Å². The van der Waals surface area contributed by atoms with Crippen molar-refractivity contribution in [1.29, 1.82) is 0 Å². The first kappa shape index (κ1) is 15.3. The van der Waals surface area contributed by atoms with Gasteiger partial charge < -0.3 is 10.1 Å². The minimum atomic E-state index is -3.35. The molecule has 0 aliphatic heterocycles. The van der Waals surface area contributed by atoms with Crippen LogP contribution in [0.3, 0.4) is 0 Å². The quantitative estimate of drug-likeness (QED) is 0.425. The molecule has 2 N–H and O–H groups in total. The summed E-state index contributed by atoms with van der Waals surface area (Å²) >= 11 is 0. The van der Waals surface area contributed by atoms with Gasteiger partial charge in [0.05, 0.1) is 19.3 Å². The summed E-state index contributed by atoms with van der Waals surface area (Å²) in [6, 6.07) is 0. The minimum absolute atomic E-state index is 0.112. The SMILES string of the molecule is CCNCCCNS(=O)(=O)CCC(=O)OC. The molecule has 0 amide bonds. The first-order chi connectivity index (χ1) is 7.52. The number of hydrogen-bond donors (Lipinski definition) is 2. The Kier molecular flexibility index (Phi) is 8.14. The van der Waals surface area contributed by atoms with Crippen LogP contribution >= 0.6 is 0 Å². The fraction of sp³-hybridized carbons (Fsp3) is 0.889. The average Bonchev–Trinajstić information content (AvgIpc) is 2.25. The van der Waals surface area contributed by atoms with Gasteiger partial charge in [-0.05, 0) is 19.5 Å². The van der Waals surface area contributed by atoms with Crippen LogP contribution < -0.4 is 10.0 Å². The van der Waals surface area contributed by atoms with E-state index in [-0.39, 0.29) is 12.2 Å². The predicted molar refractivity (Wildman–Crippen MR) is 61.6 cm³/mol. The third kappa shape index (κ3) is 8.63. The van der Waals surface area contributed by atoms with E-state index in [1.54, 1.807) is 0 Å². The van der Waals surface area contributed by atoms with E-state index in [0.29, 0.717) is 6.54 Å². The Balaban J connectivity index is 3.67. The van der Waals surface area contributed by atoms with Gasteiger partial charge in [0.2, 0.25) is 10.0 Å². The molecule has 7 heteroatoms. The normalized spacial score (nSPS) is 11.4. The van der Waals surface area contributed by atoms with E-state index in [9.17, 15) is 13.2 Å². The molecule has 0 rings (SSSR count). The third-order valence-corrected chi connectivity index (χ3v) is 3.29. The lowest BCUT2D eigenvalue weighted by atomic mass is 10.4. The Morgan fingerprint density at radius 3 is 2.56 bits per heavy atom. The molecule has 0 fully saturated rings. The Bertz CT molecular complexity index is 290. The molecule has 0 aliphatic carbocycles. The fourth-order valence-electron chi connectivity index (χ4n) is 1.01. The average molecular weight is 252 g/mol. The molecule has 0 aromatic rings. The zero-order valence-electron chi connectivity index (χ0n) is 9.78. The molecule has 0 heterocycles. The molecule has 96 valence electrons. The zero-order valence-corrected chi connectivity index (χ0v) is 10.6. The van der Waals surface area contributed by atoms with Crippen LogP contribution in [0.15, 0.2) is 0 Å². The number of rotatable bonds is 9. The summed E-state index contributed by atoms with van der Waals surface area (Å²) in [4.78, 5) is 10.7. The molecule has 0 spiro atoms. The molecule has 0 saturated carbocycles.